The molecule has 0 fully saturated rings. The Morgan fingerprint density at radius 3 is 1.71 bits per heavy atom. The van der Waals surface area contributed by atoms with Crippen LogP contribution in [0.25, 0.3) is 86.9 Å². The summed E-state index contributed by atoms with van der Waals surface area (Å²) in [6.45, 7) is 15.6. The van der Waals surface area contributed by atoms with Crippen LogP contribution in [-0.4, -0.2) is 9.13 Å². The first-order valence-corrected chi connectivity index (χ1v) is 15.8. The van der Waals surface area contributed by atoms with Crippen molar-refractivity contribution in [3.63, 3.8) is 0 Å². The smallest absolute Gasteiger partial charge is 0.197 e. The van der Waals surface area contributed by atoms with Crippen LogP contribution < -0.4 is 0 Å². The molecule has 7 aromatic carbocycles. The predicted octanol–water partition coefficient (Wildman–Crippen LogP) is 12.3. The molecule has 0 radical (unpaired) electrons. The van der Waals surface area contributed by atoms with Gasteiger partial charge in [-0.2, -0.15) is 0 Å². The van der Waals surface area contributed by atoms with E-state index in [2.05, 4.69) is 146 Å². The molecule has 2 aromatic heterocycles. The molecule has 0 aliphatic rings. The van der Waals surface area contributed by atoms with Crippen LogP contribution in [0, 0.1) is 13.1 Å². The largest absolute Gasteiger partial charge is 0.311 e. The highest BCUT2D eigenvalue weighted by Gasteiger charge is 2.17. The molecule has 0 saturated carbocycles. The molecule has 0 saturated heterocycles. The van der Waals surface area contributed by atoms with Crippen molar-refractivity contribution in [2.24, 2.45) is 0 Å². The second kappa shape index (κ2) is 10.9. The molecule has 4 heteroatoms. The van der Waals surface area contributed by atoms with Crippen LogP contribution in [0.3, 0.4) is 0 Å². The van der Waals surface area contributed by atoms with Crippen molar-refractivity contribution >= 4 is 55.0 Å². The molecule has 0 spiro atoms. The molecule has 0 aliphatic heterocycles. The number of para-hydroxylation sites is 3. The number of rotatable bonds is 4. The van der Waals surface area contributed by atoms with E-state index in [0.717, 1.165) is 66.5 Å². The van der Waals surface area contributed by atoms with Crippen LogP contribution in [0.15, 0.2) is 158 Å². The molecule has 0 atom stereocenters. The standard InChI is InChI=1S/C44H26N4/c1-45-32-25-26-34(43(28-32)48-39-17-6-3-13-35(39)36-14-4-7-18-40(36)48)30-23-21-29(22-24-30)31-11-9-12-33(27-31)47-41-19-8-5-15-37(41)44-38(46-2)16-10-20-42(44)47/h3-28H. The maximum Gasteiger partial charge on any atom is 0.197 e. The molecule has 2 heterocycles. The third-order valence-corrected chi connectivity index (χ3v) is 9.36. The Bertz CT molecular complexity index is 2750. The van der Waals surface area contributed by atoms with Gasteiger partial charge in [-0.25, -0.2) is 9.69 Å². The molecule has 0 N–H and O–H groups in total. The van der Waals surface area contributed by atoms with Crippen molar-refractivity contribution < 1.29 is 0 Å². The summed E-state index contributed by atoms with van der Waals surface area (Å²) in [6, 6.07) is 54.5. The highest BCUT2D eigenvalue weighted by molar-refractivity contribution is 6.15. The van der Waals surface area contributed by atoms with E-state index in [1.54, 1.807) is 0 Å². The SMILES string of the molecule is [C-]#[N+]c1ccc(-c2ccc(-c3cccc(-n4c5ccccc5c5c([N+]#[C-])cccc54)c3)cc2)c(-n2c3ccccc3c3ccccc32)c1. The van der Waals surface area contributed by atoms with Crippen LogP contribution in [-0.2, 0) is 0 Å². The summed E-state index contributed by atoms with van der Waals surface area (Å²) in [4.78, 5) is 7.62. The number of aromatic nitrogens is 2. The first-order valence-electron chi connectivity index (χ1n) is 15.8. The van der Waals surface area contributed by atoms with Gasteiger partial charge in [0.2, 0.25) is 0 Å². The van der Waals surface area contributed by atoms with Gasteiger partial charge >= 0.3 is 0 Å². The fourth-order valence-corrected chi connectivity index (χ4v) is 7.24. The van der Waals surface area contributed by atoms with Crippen molar-refractivity contribution in [2.75, 3.05) is 0 Å². The molecular formula is C44H26N4. The Balaban J connectivity index is 1.17. The molecule has 0 bridgehead atoms. The van der Waals surface area contributed by atoms with Crippen LogP contribution in [0.5, 0.6) is 0 Å². The van der Waals surface area contributed by atoms with Gasteiger partial charge in [0.15, 0.2) is 11.4 Å². The summed E-state index contributed by atoms with van der Waals surface area (Å²) in [6.07, 6.45) is 0. The summed E-state index contributed by atoms with van der Waals surface area (Å²) in [5, 5.41) is 4.45. The summed E-state index contributed by atoms with van der Waals surface area (Å²) in [7, 11) is 0. The van der Waals surface area contributed by atoms with E-state index in [1.165, 1.54) is 10.8 Å². The summed E-state index contributed by atoms with van der Waals surface area (Å²) in [5.41, 5.74) is 12.0. The van der Waals surface area contributed by atoms with Gasteiger partial charge in [-0.15, -0.1) is 0 Å². The van der Waals surface area contributed by atoms with E-state index in [9.17, 15) is 0 Å². The van der Waals surface area contributed by atoms with Crippen molar-refractivity contribution in [3.05, 3.63) is 181 Å². The molecule has 9 aromatic rings. The summed E-state index contributed by atoms with van der Waals surface area (Å²) in [5.74, 6) is 0. The average molecular weight is 611 g/mol. The molecular weight excluding hydrogens is 585 g/mol. The van der Waals surface area contributed by atoms with E-state index in [1.807, 2.05) is 30.3 Å². The van der Waals surface area contributed by atoms with Crippen molar-refractivity contribution in [3.8, 4) is 33.6 Å². The zero-order valence-electron chi connectivity index (χ0n) is 25.8. The fourth-order valence-electron chi connectivity index (χ4n) is 7.24. The van der Waals surface area contributed by atoms with Crippen molar-refractivity contribution in [1.82, 2.24) is 9.13 Å². The minimum atomic E-state index is 0.609. The van der Waals surface area contributed by atoms with Gasteiger partial charge in [0.25, 0.3) is 0 Å². The van der Waals surface area contributed by atoms with Crippen LogP contribution in [0.1, 0.15) is 0 Å². The third-order valence-electron chi connectivity index (χ3n) is 9.36. The molecule has 222 valence electrons. The maximum atomic E-state index is 7.79. The summed E-state index contributed by atoms with van der Waals surface area (Å²) >= 11 is 0. The molecule has 48 heavy (non-hydrogen) atoms. The highest BCUT2D eigenvalue weighted by atomic mass is 15.0. The average Bonchev–Trinajstić information content (AvgIpc) is 3.68. The van der Waals surface area contributed by atoms with Gasteiger partial charge < -0.3 is 9.13 Å². The van der Waals surface area contributed by atoms with Crippen molar-refractivity contribution in [2.45, 2.75) is 0 Å². The van der Waals surface area contributed by atoms with Gasteiger partial charge in [-0.05, 0) is 64.5 Å². The first-order chi connectivity index (χ1) is 23.7. The molecule has 0 aliphatic carbocycles. The third kappa shape index (κ3) is 4.14. The molecule has 4 nitrogen and oxygen atoms in total. The van der Waals surface area contributed by atoms with E-state index < -0.39 is 0 Å². The van der Waals surface area contributed by atoms with E-state index in [-0.39, 0.29) is 0 Å². The van der Waals surface area contributed by atoms with Gasteiger partial charge in [-0.3, -0.25) is 0 Å². The molecule has 0 unspecified atom stereocenters. The van der Waals surface area contributed by atoms with E-state index >= 15 is 0 Å². The number of nitrogens with zero attached hydrogens (tertiary/aromatic N) is 4. The minimum Gasteiger partial charge on any atom is -0.311 e. The minimum absolute atomic E-state index is 0.609. The number of hydrogen-bond donors (Lipinski definition) is 0. The van der Waals surface area contributed by atoms with Gasteiger partial charge in [0.05, 0.1) is 29.7 Å². The Kier molecular flexibility index (Phi) is 6.22. The molecule has 9 rings (SSSR count). The van der Waals surface area contributed by atoms with E-state index in [0.29, 0.717) is 11.4 Å². The lowest BCUT2D eigenvalue weighted by Gasteiger charge is -2.15. The number of fused-ring (bicyclic) bond motifs is 6. The monoisotopic (exact) mass is 610 g/mol. The fraction of sp³-hybridized carbons (Fsp3) is 0. The van der Waals surface area contributed by atoms with E-state index in [4.69, 9.17) is 13.1 Å². The lowest BCUT2D eigenvalue weighted by Crippen LogP contribution is -1.97. The van der Waals surface area contributed by atoms with Gasteiger partial charge in [-0.1, -0.05) is 115 Å². The van der Waals surface area contributed by atoms with Gasteiger partial charge in [0, 0.05) is 38.6 Å². The normalized spacial score (nSPS) is 11.3. The Hall–Kier alpha value is -6.88. The Morgan fingerprint density at radius 2 is 1.02 bits per heavy atom. The predicted molar refractivity (Wildman–Crippen MR) is 199 cm³/mol. The zero-order chi connectivity index (χ0) is 32.2. The topological polar surface area (TPSA) is 18.6 Å². The second-order valence-electron chi connectivity index (χ2n) is 11.9. The quantitative estimate of drug-likeness (QED) is 0.177. The zero-order valence-corrected chi connectivity index (χ0v) is 25.8. The Labute approximate surface area is 277 Å². The Morgan fingerprint density at radius 1 is 0.417 bits per heavy atom. The first kappa shape index (κ1) is 27.4. The number of benzene rings is 7. The van der Waals surface area contributed by atoms with Crippen molar-refractivity contribution in [1.29, 1.82) is 0 Å². The highest BCUT2D eigenvalue weighted by Crippen LogP contribution is 2.40. The lowest BCUT2D eigenvalue weighted by molar-refractivity contribution is 1.18. The number of hydrogen-bond acceptors (Lipinski definition) is 0. The second-order valence-corrected chi connectivity index (χ2v) is 11.9. The van der Waals surface area contributed by atoms with Crippen LogP contribution in [0.2, 0.25) is 0 Å². The van der Waals surface area contributed by atoms with Gasteiger partial charge in [0.1, 0.15) is 0 Å². The maximum absolute atomic E-state index is 7.79. The van der Waals surface area contributed by atoms with Crippen LogP contribution in [0.4, 0.5) is 11.4 Å². The van der Waals surface area contributed by atoms with Crippen LogP contribution >= 0.6 is 0 Å². The summed E-state index contributed by atoms with van der Waals surface area (Å²) < 4.78 is 4.55. The molecule has 0 amide bonds. The lowest BCUT2D eigenvalue weighted by atomic mass is 9.98.